The lowest BCUT2D eigenvalue weighted by atomic mass is 9.92. The Hall–Kier alpha value is -1.32. The van der Waals surface area contributed by atoms with Crippen LogP contribution >= 0.6 is 0 Å². The highest BCUT2D eigenvalue weighted by molar-refractivity contribution is 5.80. The fraction of sp³-hybridized carbons (Fsp3) is 0.714. The second-order valence-electron chi connectivity index (χ2n) is 5.54. The molecular formula is C14H22N2O2. The molecule has 0 saturated carbocycles. The third-order valence-corrected chi connectivity index (χ3v) is 4.15. The van der Waals surface area contributed by atoms with Gasteiger partial charge in [0.25, 0.3) is 0 Å². The SMILES string of the molecule is C[C@@H]1CC[C@H](C(N)=O)CN1C(=O)C[C@@H]1C=CCC1. The Bertz CT molecular complexity index is 365. The van der Waals surface area contributed by atoms with Gasteiger partial charge in [0.15, 0.2) is 0 Å². The number of primary amides is 1. The van der Waals surface area contributed by atoms with Crippen molar-refractivity contribution in [2.45, 2.75) is 45.1 Å². The minimum Gasteiger partial charge on any atom is -0.369 e. The molecule has 0 unspecified atom stereocenters. The van der Waals surface area contributed by atoms with Crippen molar-refractivity contribution in [1.82, 2.24) is 4.90 Å². The topological polar surface area (TPSA) is 63.4 Å². The number of piperidine rings is 1. The van der Waals surface area contributed by atoms with Crippen LogP contribution in [0.3, 0.4) is 0 Å². The minimum absolute atomic E-state index is 0.163. The fourth-order valence-corrected chi connectivity index (χ4v) is 2.89. The molecule has 4 nitrogen and oxygen atoms in total. The van der Waals surface area contributed by atoms with Crippen molar-refractivity contribution in [2.24, 2.45) is 17.6 Å². The predicted molar refractivity (Wildman–Crippen MR) is 69.6 cm³/mol. The summed E-state index contributed by atoms with van der Waals surface area (Å²) in [4.78, 5) is 25.4. The third-order valence-electron chi connectivity index (χ3n) is 4.15. The average Bonchev–Trinajstić information content (AvgIpc) is 2.81. The summed E-state index contributed by atoms with van der Waals surface area (Å²) in [5.74, 6) is 0.119. The van der Waals surface area contributed by atoms with Crippen molar-refractivity contribution in [2.75, 3.05) is 6.54 Å². The number of carbonyl (C=O) groups excluding carboxylic acids is 2. The lowest BCUT2D eigenvalue weighted by molar-refractivity contribution is -0.138. The van der Waals surface area contributed by atoms with Crippen LogP contribution in [0.1, 0.15) is 39.0 Å². The van der Waals surface area contributed by atoms with E-state index in [2.05, 4.69) is 19.1 Å². The van der Waals surface area contributed by atoms with E-state index in [1.807, 2.05) is 4.90 Å². The second-order valence-corrected chi connectivity index (χ2v) is 5.54. The molecule has 1 heterocycles. The lowest BCUT2D eigenvalue weighted by Gasteiger charge is -2.37. The second kappa shape index (κ2) is 5.55. The van der Waals surface area contributed by atoms with Crippen LogP contribution in [0.15, 0.2) is 12.2 Å². The molecule has 4 heteroatoms. The Morgan fingerprint density at radius 1 is 1.33 bits per heavy atom. The normalized spacial score (nSPS) is 31.6. The summed E-state index contributed by atoms with van der Waals surface area (Å²) in [7, 11) is 0. The van der Waals surface area contributed by atoms with Crippen LogP contribution in [0.25, 0.3) is 0 Å². The monoisotopic (exact) mass is 250 g/mol. The number of amides is 2. The number of carbonyl (C=O) groups is 2. The average molecular weight is 250 g/mol. The molecule has 0 spiro atoms. The molecule has 1 aliphatic carbocycles. The van der Waals surface area contributed by atoms with Crippen molar-refractivity contribution in [3.05, 3.63) is 12.2 Å². The molecule has 0 radical (unpaired) electrons. The predicted octanol–water partition coefficient (Wildman–Crippen LogP) is 1.46. The van der Waals surface area contributed by atoms with Gasteiger partial charge >= 0.3 is 0 Å². The molecule has 1 fully saturated rings. The van der Waals surface area contributed by atoms with Crippen molar-refractivity contribution < 1.29 is 9.59 Å². The molecule has 0 aromatic rings. The van der Waals surface area contributed by atoms with Gasteiger partial charge in [0, 0.05) is 19.0 Å². The maximum Gasteiger partial charge on any atom is 0.223 e. The van der Waals surface area contributed by atoms with E-state index in [9.17, 15) is 9.59 Å². The Morgan fingerprint density at radius 3 is 2.72 bits per heavy atom. The molecular weight excluding hydrogens is 228 g/mol. The van der Waals surface area contributed by atoms with E-state index in [0.29, 0.717) is 18.9 Å². The van der Waals surface area contributed by atoms with E-state index >= 15 is 0 Å². The zero-order valence-corrected chi connectivity index (χ0v) is 11.0. The largest absolute Gasteiger partial charge is 0.369 e. The highest BCUT2D eigenvalue weighted by Crippen LogP contribution is 2.26. The summed E-state index contributed by atoms with van der Waals surface area (Å²) < 4.78 is 0. The summed E-state index contributed by atoms with van der Waals surface area (Å²) >= 11 is 0. The van der Waals surface area contributed by atoms with E-state index in [-0.39, 0.29) is 23.8 Å². The summed E-state index contributed by atoms with van der Waals surface area (Å²) in [6, 6.07) is 0.235. The third kappa shape index (κ3) is 2.92. The Labute approximate surface area is 108 Å². The molecule has 2 N–H and O–H groups in total. The van der Waals surface area contributed by atoms with E-state index in [1.165, 1.54) is 0 Å². The summed E-state index contributed by atoms with van der Waals surface area (Å²) in [5, 5.41) is 0. The van der Waals surface area contributed by atoms with Gasteiger partial charge in [-0.25, -0.2) is 0 Å². The molecule has 2 aliphatic rings. The van der Waals surface area contributed by atoms with Crippen LogP contribution < -0.4 is 5.73 Å². The Balaban J connectivity index is 1.94. The number of nitrogens with zero attached hydrogens (tertiary/aromatic N) is 1. The summed E-state index contributed by atoms with van der Waals surface area (Å²) in [6.45, 7) is 2.56. The Kier molecular flexibility index (Phi) is 4.04. The van der Waals surface area contributed by atoms with E-state index in [0.717, 1.165) is 25.7 Å². The van der Waals surface area contributed by atoms with Crippen molar-refractivity contribution >= 4 is 11.8 Å². The first-order chi connectivity index (χ1) is 8.58. The zero-order chi connectivity index (χ0) is 13.1. The molecule has 2 amide bonds. The van der Waals surface area contributed by atoms with Crippen LogP contribution in [0.5, 0.6) is 0 Å². The van der Waals surface area contributed by atoms with Crippen LogP contribution in [-0.4, -0.2) is 29.3 Å². The van der Waals surface area contributed by atoms with E-state index in [1.54, 1.807) is 0 Å². The van der Waals surface area contributed by atoms with Gasteiger partial charge < -0.3 is 10.6 Å². The molecule has 2 rings (SSSR count). The quantitative estimate of drug-likeness (QED) is 0.771. The molecule has 3 atom stereocenters. The summed E-state index contributed by atoms with van der Waals surface area (Å²) in [6.07, 6.45) is 8.70. The number of rotatable bonds is 3. The highest BCUT2D eigenvalue weighted by Gasteiger charge is 2.32. The number of allylic oxidation sites excluding steroid dienone is 2. The molecule has 1 aliphatic heterocycles. The standard InChI is InChI=1S/C14H22N2O2/c1-10-6-7-12(14(15)18)9-16(10)13(17)8-11-4-2-3-5-11/h2,4,10-12H,3,5-9H2,1H3,(H2,15,18)/t10-,11-,12+/m1/s1. The van der Waals surface area contributed by atoms with Crippen LogP contribution in [-0.2, 0) is 9.59 Å². The first kappa shape index (κ1) is 13.1. The zero-order valence-electron chi connectivity index (χ0n) is 11.0. The number of likely N-dealkylation sites (tertiary alicyclic amines) is 1. The molecule has 0 bridgehead atoms. The maximum atomic E-state index is 12.3. The number of nitrogens with two attached hydrogens (primary N) is 1. The van der Waals surface area contributed by atoms with Crippen molar-refractivity contribution in [3.8, 4) is 0 Å². The molecule has 100 valence electrons. The van der Waals surface area contributed by atoms with Gasteiger partial charge in [-0.1, -0.05) is 12.2 Å². The first-order valence-corrected chi connectivity index (χ1v) is 6.83. The van der Waals surface area contributed by atoms with Crippen molar-refractivity contribution in [3.63, 3.8) is 0 Å². The highest BCUT2D eigenvalue weighted by atomic mass is 16.2. The van der Waals surface area contributed by atoms with Gasteiger partial charge in [0.1, 0.15) is 0 Å². The van der Waals surface area contributed by atoms with Crippen LogP contribution in [0, 0.1) is 11.8 Å². The molecule has 0 aromatic carbocycles. The smallest absolute Gasteiger partial charge is 0.223 e. The van der Waals surface area contributed by atoms with Gasteiger partial charge in [0.2, 0.25) is 11.8 Å². The van der Waals surface area contributed by atoms with Gasteiger partial charge in [-0.2, -0.15) is 0 Å². The van der Waals surface area contributed by atoms with Crippen LogP contribution in [0.4, 0.5) is 0 Å². The maximum absolute atomic E-state index is 12.3. The van der Waals surface area contributed by atoms with Gasteiger partial charge in [-0.15, -0.1) is 0 Å². The molecule has 18 heavy (non-hydrogen) atoms. The number of hydrogen-bond acceptors (Lipinski definition) is 2. The van der Waals surface area contributed by atoms with Gasteiger partial charge in [-0.3, -0.25) is 9.59 Å². The molecule has 1 saturated heterocycles. The van der Waals surface area contributed by atoms with E-state index < -0.39 is 0 Å². The fourth-order valence-electron chi connectivity index (χ4n) is 2.89. The number of hydrogen-bond donors (Lipinski definition) is 1. The minimum atomic E-state index is -0.277. The van der Waals surface area contributed by atoms with Gasteiger partial charge in [0.05, 0.1) is 5.92 Å². The van der Waals surface area contributed by atoms with Gasteiger partial charge in [-0.05, 0) is 38.5 Å². The van der Waals surface area contributed by atoms with E-state index in [4.69, 9.17) is 5.73 Å². The first-order valence-electron chi connectivity index (χ1n) is 6.83. The van der Waals surface area contributed by atoms with Crippen LogP contribution in [0.2, 0.25) is 0 Å². The Morgan fingerprint density at radius 2 is 2.11 bits per heavy atom. The lowest BCUT2D eigenvalue weighted by Crippen LogP contribution is -2.48. The summed E-state index contributed by atoms with van der Waals surface area (Å²) in [5.41, 5.74) is 5.35. The molecule has 0 aromatic heterocycles. The van der Waals surface area contributed by atoms with Crippen molar-refractivity contribution in [1.29, 1.82) is 0 Å².